The van der Waals surface area contributed by atoms with Crippen molar-refractivity contribution in [2.45, 2.75) is 20.0 Å². The highest BCUT2D eigenvalue weighted by molar-refractivity contribution is 9.10. The number of nitro benzene ring substituents is 1. The molecule has 2 rings (SSSR count). The Hall–Kier alpha value is -1.41. The molecule has 0 amide bonds. The van der Waals surface area contributed by atoms with Crippen LogP contribution in [0.3, 0.4) is 0 Å². The molecule has 1 aromatic heterocycles. The van der Waals surface area contributed by atoms with Gasteiger partial charge in [0.05, 0.1) is 26.9 Å². The van der Waals surface area contributed by atoms with Crippen molar-refractivity contribution in [2.24, 2.45) is 7.05 Å². The molecular weight excluding hydrogens is 406 g/mol. The molecule has 0 N–H and O–H groups in total. The lowest BCUT2D eigenvalue weighted by Crippen LogP contribution is -2.04. The fraction of sp³-hybridized carbons (Fsp3) is 0.308. The molecule has 0 unspecified atom stereocenters. The Bertz CT molecular complexity index is 686. The number of hydrogen-bond donors (Lipinski definition) is 0. The lowest BCUT2D eigenvalue weighted by molar-refractivity contribution is -0.385. The van der Waals surface area contributed by atoms with Gasteiger partial charge >= 0.3 is 0 Å². The summed E-state index contributed by atoms with van der Waals surface area (Å²) in [4.78, 5) is 10.4. The van der Waals surface area contributed by atoms with Crippen molar-refractivity contribution in [3.63, 3.8) is 0 Å². The number of ether oxygens (including phenoxy) is 1. The van der Waals surface area contributed by atoms with Gasteiger partial charge in [0, 0.05) is 17.6 Å². The molecule has 6 nitrogen and oxygen atoms in total. The maximum atomic E-state index is 10.8. The van der Waals surface area contributed by atoms with Crippen LogP contribution in [0.2, 0.25) is 0 Å². The SMILES string of the molecule is CCc1nn(C)c(COc2cc(Br)cc([N+](=O)[O-])c2)c1Br. The van der Waals surface area contributed by atoms with Gasteiger partial charge in [0.15, 0.2) is 0 Å². The normalized spacial score (nSPS) is 10.7. The molecule has 0 saturated carbocycles. The predicted octanol–water partition coefficient (Wildman–Crippen LogP) is 3.99. The van der Waals surface area contributed by atoms with E-state index in [0.717, 1.165) is 22.3 Å². The zero-order valence-corrected chi connectivity index (χ0v) is 14.6. The summed E-state index contributed by atoms with van der Waals surface area (Å²) in [5.41, 5.74) is 1.82. The van der Waals surface area contributed by atoms with Gasteiger partial charge in [-0.05, 0) is 28.4 Å². The van der Waals surface area contributed by atoms with Gasteiger partial charge < -0.3 is 4.74 Å². The number of nitrogens with zero attached hydrogens (tertiary/aromatic N) is 3. The summed E-state index contributed by atoms with van der Waals surface area (Å²) >= 11 is 6.75. The number of benzene rings is 1. The highest BCUT2D eigenvalue weighted by Gasteiger charge is 2.14. The van der Waals surface area contributed by atoms with E-state index in [2.05, 4.69) is 37.0 Å². The Morgan fingerprint density at radius 1 is 1.38 bits per heavy atom. The van der Waals surface area contributed by atoms with Crippen LogP contribution < -0.4 is 4.74 Å². The summed E-state index contributed by atoms with van der Waals surface area (Å²) in [5, 5.41) is 15.2. The van der Waals surface area contributed by atoms with Gasteiger partial charge in [-0.2, -0.15) is 5.10 Å². The third-order valence-electron chi connectivity index (χ3n) is 2.95. The first-order valence-electron chi connectivity index (χ1n) is 6.20. The van der Waals surface area contributed by atoms with E-state index in [9.17, 15) is 10.1 Å². The van der Waals surface area contributed by atoms with E-state index in [-0.39, 0.29) is 12.3 Å². The lowest BCUT2D eigenvalue weighted by atomic mass is 10.3. The standard InChI is InChI=1S/C13H13Br2N3O3/c1-3-11-13(15)12(17(2)16-11)7-21-10-5-8(14)4-9(6-10)18(19)20/h4-6H,3,7H2,1-2H3. The van der Waals surface area contributed by atoms with Gasteiger partial charge in [-0.1, -0.05) is 22.9 Å². The maximum Gasteiger partial charge on any atom is 0.274 e. The van der Waals surface area contributed by atoms with Crippen molar-refractivity contribution in [3.8, 4) is 5.75 Å². The van der Waals surface area contributed by atoms with Crippen LogP contribution in [-0.2, 0) is 20.1 Å². The van der Waals surface area contributed by atoms with Gasteiger partial charge in [-0.3, -0.25) is 14.8 Å². The van der Waals surface area contributed by atoms with Crippen LogP contribution in [0.4, 0.5) is 5.69 Å². The van der Waals surface area contributed by atoms with Crippen LogP contribution in [0.15, 0.2) is 27.1 Å². The summed E-state index contributed by atoms with van der Waals surface area (Å²) in [6.07, 6.45) is 0.816. The average molecular weight is 419 g/mol. The molecule has 0 bridgehead atoms. The second kappa shape index (κ2) is 6.57. The van der Waals surface area contributed by atoms with Gasteiger partial charge in [0.2, 0.25) is 0 Å². The number of aryl methyl sites for hydroxylation is 2. The van der Waals surface area contributed by atoms with Crippen molar-refractivity contribution in [1.29, 1.82) is 0 Å². The molecule has 1 aromatic carbocycles. The summed E-state index contributed by atoms with van der Waals surface area (Å²) in [7, 11) is 1.84. The monoisotopic (exact) mass is 417 g/mol. The topological polar surface area (TPSA) is 70.2 Å². The van der Waals surface area contributed by atoms with E-state index in [0.29, 0.717) is 10.2 Å². The zero-order valence-electron chi connectivity index (χ0n) is 11.5. The number of nitro groups is 1. The van der Waals surface area contributed by atoms with Gasteiger partial charge in [0.25, 0.3) is 5.69 Å². The van der Waals surface area contributed by atoms with Gasteiger partial charge in [-0.15, -0.1) is 0 Å². The smallest absolute Gasteiger partial charge is 0.274 e. The molecule has 0 fully saturated rings. The number of aromatic nitrogens is 2. The molecule has 2 aromatic rings. The molecule has 1 heterocycles. The highest BCUT2D eigenvalue weighted by Crippen LogP contribution is 2.28. The van der Waals surface area contributed by atoms with E-state index in [1.54, 1.807) is 10.7 Å². The van der Waals surface area contributed by atoms with E-state index >= 15 is 0 Å². The fourth-order valence-corrected chi connectivity index (χ4v) is 3.06. The average Bonchev–Trinajstić information content (AvgIpc) is 2.70. The Morgan fingerprint density at radius 2 is 2.10 bits per heavy atom. The van der Waals surface area contributed by atoms with Crippen LogP contribution in [0, 0.1) is 10.1 Å². The van der Waals surface area contributed by atoms with Crippen molar-refractivity contribution >= 4 is 37.5 Å². The molecule has 0 aliphatic heterocycles. The Kier molecular flexibility index (Phi) is 5.00. The minimum atomic E-state index is -0.452. The van der Waals surface area contributed by atoms with Crippen molar-refractivity contribution in [2.75, 3.05) is 0 Å². The van der Waals surface area contributed by atoms with E-state index in [1.165, 1.54) is 12.1 Å². The number of hydrogen-bond acceptors (Lipinski definition) is 4. The van der Waals surface area contributed by atoms with Gasteiger partial charge in [0.1, 0.15) is 12.4 Å². The van der Waals surface area contributed by atoms with E-state index < -0.39 is 4.92 Å². The Morgan fingerprint density at radius 3 is 2.67 bits per heavy atom. The van der Waals surface area contributed by atoms with Crippen molar-refractivity contribution in [3.05, 3.63) is 48.6 Å². The number of halogens is 2. The highest BCUT2D eigenvalue weighted by atomic mass is 79.9. The summed E-state index contributed by atoms with van der Waals surface area (Å²) in [5.74, 6) is 0.433. The third kappa shape index (κ3) is 3.62. The van der Waals surface area contributed by atoms with Crippen LogP contribution >= 0.6 is 31.9 Å². The second-order valence-electron chi connectivity index (χ2n) is 4.38. The van der Waals surface area contributed by atoms with Crippen LogP contribution in [0.1, 0.15) is 18.3 Å². The molecule has 0 radical (unpaired) electrons. The van der Waals surface area contributed by atoms with E-state index in [4.69, 9.17) is 4.74 Å². The summed E-state index contributed by atoms with van der Waals surface area (Å²) in [6.45, 7) is 2.30. The molecule has 0 spiro atoms. The van der Waals surface area contributed by atoms with Crippen LogP contribution in [0.5, 0.6) is 5.75 Å². The lowest BCUT2D eigenvalue weighted by Gasteiger charge is -2.07. The number of non-ortho nitro benzene ring substituents is 1. The fourth-order valence-electron chi connectivity index (χ4n) is 1.86. The van der Waals surface area contributed by atoms with Crippen molar-refractivity contribution < 1.29 is 9.66 Å². The number of rotatable bonds is 5. The van der Waals surface area contributed by atoms with Gasteiger partial charge in [-0.25, -0.2) is 0 Å². The maximum absolute atomic E-state index is 10.8. The molecular formula is C13H13Br2N3O3. The Labute approximate surface area is 138 Å². The zero-order chi connectivity index (χ0) is 15.6. The summed E-state index contributed by atoms with van der Waals surface area (Å²) < 4.78 is 8.92. The van der Waals surface area contributed by atoms with E-state index in [1.807, 2.05) is 14.0 Å². The molecule has 0 aliphatic rings. The molecule has 0 saturated heterocycles. The molecule has 21 heavy (non-hydrogen) atoms. The molecule has 8 heteroatoms. The first kappa shape index (κ1) is 16.0. The first-order valence-corrected chi connectivity index (χ1v) is 7.79. The third-order valence-corrected chi connectivity index (χ3v) is 4.32. The summed E-state index contributed by atoms with van der Waals surface area (Å²) in [6, 6.07) is 4.52. The quantitative estimate of drug-likeness (QED) is 0.543. The molecule has 0 aliphatic carbocycles. The molecule has 0 atom stereocenters. The minimum absolute atomic E-state index is 0.0160. The van der Waals surface area contributed by atoms with Crippen molar-refractivity contribution in [1.82, 2.24) is 9.78 Å². The second-order valence-corrected chi connectivity index (χ2v) is 6.08. The molecule has 112 valence electrons. The van der Waals surface area contributed by atoms with Crippen LogP contribution in [0.25, 0.3) is 0 Å². The largest absolute Gasteiger partial charge is 0.487 e. The predicted molar refractivity (Wildman–Crippen MR) is 85.4 cm³/mol. The Balaban J connectivity index is 2.20. The van der Waals surface area contributed by atoms with Crippen LogP contribution in [-0.4, -0.2) is 14.7 Å². The minimum Gasteiger partial charge on any atom is -0.487 e. The first-order chi connectivity index (χ1) is 9.92.